The fraction of sp³-hybridized carbons (Fsp3) is 0.125. The van der Waals surface area contributed by atoms with Gasteiger partial charge in [0.1, 0.15) is 0 Å². The summed E-state index contributed by atoms with van der Waals surface area (Å²) in [6.07, 6.45) is -4.58. The molecule has 34 heavy (non-hydrogen) atoms. The summed E-state index contributed by atoms with van der Waals surface area (Å²) < 4.78 is 39.7. The predicted octanol–water partition coefficient (Wildman–Crippen LogP) is 6.14. The average Bonchev–Trinajstić information content (AvgIpc) is 3.07. The van der Waals surface area contributed by atoms with Crippen molar-refractivity contribution < 1.29 is 27.6 Å². The zero-order valence-electron chi connectivity index (χ0n) is 17.3. The van der Waals surface area contributed by atoms with Crippen LogP contribution in [0.1, 0.15) is 22.3 Å². The van der Waals surface area contributed by atoms with Gasteiger partial charge in [-0.05, 0) is 54.6 Å². The molecule has 1 saturated heterocycles. The Morgan fingerprint density at radius 3 is 2.41 bits per heavy atom. The largest absolute Gasteiger partial charge is 0.416 e. The fourth-order valence-corrected chi connectivity index (χ4v) is 4.89. The highest BCUT2D eigenvalue weighted by molar-refractivity contribution is 9.10. The Morgan fingerprint density at radius 2 is 1.71 bits per heavy atom. The van der Waals surface area contributed by atoms with Crippen molar-refractivity contribution in [3.63, 3.8) is 0 Å². The van der Waals surface area contributed by atoms with Crippen molar-refractivity contribution in [2.24, 2.45) is 0 Å². The molecule has 1 aliphatic heterocycles. The van der Waals surface area contributed by atoms with Crippen LogP contribution < -0.4 is 10.2 Å². The molecule has 3 aromatic rings. The SMILES string of the molecule is O=C(Nc1cccc(C(F)(F)F)c1)c1ccccc1S[C@H]1CC(=O)N(c2ccc(Br)cc2)C1=O. The van der Waals surface area contributed by atoms with E-state index in [1.54, 1.807) is 42.5 Å². The number of nitrogens with zero attached hydrogens (tertiary/aromatic N) is 1. The first-order chi connectivity index (χ1) is 16.1. The topological polar surface area (TPSA) is 66.5 Å². The first-order valence-corrected chi connectivity index (χ1v) is 11.7. The molecule has 1 aliphatic rings. The number of amides is 3. The first kappa shape index (κ1) is 24.0. The quantitative estimate of drug-likeness (QED) is 0.388. The van der Waals surface area contributed by atoms with Crippen LogP contribution in [0.15, 0.2) is 82.2 Å². The van der Waals surface area contributed by atoms with E-state index >= 15 is 0 Å². The summed E-state index contributed by atoms with van der Waals surface area (Å²) in [5.74, 6) is -1.37. The van der Waals surface area contributed by atoms with E-state index in [1.807, 2.05) is 0 Å². The fourth-order valence-electron chi connectivity index (χ4n) is 3.44. The standard InChI is InChI=1S/C24H16BrF3N2O3S/c25-15-8-10-17(11-9-15)30-21(31)13-20(23(30)33)34-19-7-2-1-6-18(19)22(32)29-16-5-3-4-14(12-16)24(26,27)28/h1-12,20H,13H2,(H,29,32)/t20-/m0/s1. The van der Waals surface area contributed by atoms with Crippen LogP contribution in [0.2, 0.25) is 0 Å². The molecule has 1 N–H and O–H groups in total. The lowest BCUT2D eigenvalue weighted by Crippen LogP contribution is -2.31. The van der Waals surface area contributed by atoms with Gasteiger partial charge in [-0.1, -0.05) is 34.1 Å². The Labute approximate surface area is 205 Å². The smallest absolute Gasteiger partial charge is 0.322 e. The summed E-state index contributed by atoms with van der Waals surface area (Å²) in [5.41, 5.74) is -0.242. The number of hydrogen-bond donors (Lipinski definition) is 1. The van der Waals surface area contributed by atoms with Crippen molar-refractivity contribution >= 4 is 56.8 Å². The summed E-state index contributed by atoms with van der Waals surface area (Å²) in [6.45, 7) is 0. The second-order valence-corrected chi connectivity index (χ2v) is 9.54. The molecule has 1 atom stereocenters. The number of rotatable bonds is 5. The van der Waals surface area contributed by atoms with Gasteiger partial charge in [0, 0.05) is 21.5 Å². The molecule has 5 nitrogen and oxygen atoms in total. The number of nitrogens with one attached hydrogen (secondary N) is 1. The number of thioether (sulfide) groups is 1. The molecule has 10 heteroatoms. The molecule has 174 valence electrons. The molecule has 0 bridgehead atoms. The van der Waals surface area contributed by atoms with E-state index in [9.17, 15) is 27.6 Å². The molecule has 0 aromatic heterocycles. The average molecular weight is 549 g/mol. The number of benzene rings is 3. The summed E-state index contributed by atoms with van der Waals surface area (Å²) >= 11 is 4.39. The third-order valence-corrected chi connectivity index (χ3v) is 6.83. The monoisotopic (exact) mass is 548 g/mol. The Bertz CT molecular complexity index is 1260. The van der Waals surface area contributed by atoms with Gasteiger partial charge >= 0.3 is 6.18 Å². The normalized spacial score (nSPS) is 16.1. The van der Waals surface area contributed by atoms with Crippen LogP contribution in [0.3, 0.4) is 0 Å². The van der Waals surface area contributed by atoms with Crippen molar-refractivity contribution in [2.75, 3.05) is 10.2 Å². The van der Waals surface area contributed by atoms with E-state index in [0.717, 1.165) is 33.3 Å². The van der Waals surface area contributed by atoms with Gasteiger partial charge in [0.2, 0.25) is 11.8 Å². The minimum atomic E-state index is -4.54. The zero-order valence-corrected chi connectivity index (χ0v) is 19.7. The van der Waals surface area contributed by atoms with E-state index in [4.69, 9.17) is 0 Å². The van der Waals surface area contributed by atoms with E-state index in [-0.39, 0.29) is 23.6 Å². The van der Waals surface area contributed by atoms with Crippen LogP contribution in [0, 0.1) is 0 Å². The molecular weight excluding hydrogens is 533 g/mol. The van der Waals surface area contributed by atoms with Crippen molar-refractivity contribution in [2.45, 2.75) is 22.7 Å². The minimum absolute atomic E-state index is 0.00633. The van der Waals surface area contributed by atoms with Crippen LogP contribution >= 0.6 is 27.7 Å². The predicted molar refractivity (Wildman–Crippen MR) is 127 cm³/mol. The number of halogens is 4. The maximum absolute atomic E-state index is 13.0. The lowest BCUT2D eigenvalue weighted by molar-refractivity contribution is -0.137. The van der Waals surface area contributed by atoms with Crippen LogP contribution in [0.25, 0.3) is 0 Å². The first-order valence-electron chi connectivity index (χ1n) is 10.00. The molecule has 1 fully saturated rings. The number of anilines is 2. The lowest BCUT2D eigenvalue weighted by atomic mass is 10.1. The highest BCUT2D eigenvalue weighted by Gasteiger charge is 2.40. The van der Waals surface area contributed by atoms with Crippen LogP contribution in [-0.2, 0) is 15.8 Å². The number of carbonyl (C=O) groups excluding carboxylic acids is 3. The van der Waals surface area contributed by atoms with E-state index < -0.39 is 28.8 Å². The van der Waals surface area contributed by atoms with Gasteiger partial charge in [-0.15, -0.1) is 11.8 Å². The van der Waals surface area contributed by atoms with Gasteiger partial charge in [0.15, 0.2) is 0 Å². The number of carbonyl (C=O) groups is 3. The van der Waals surface area contributed by atoms with Crippen LogP contribution in [-0.4, -0.2) is 23.0 Å². The van der Waals surface area contributed by atoms with Gasteiger partial charge in [-0.2, -0.15) is 13.2 Å². The molecule has 0 aliphatic carbocycles. The summed E-state index contributed by atoms with van der Waals surface area (Å²) in [7, 11) is 0. The second kappa shape index (κ2) is 9.63. The van der Waals surface area contributed by atoms with E-state index in [2.05, 4.69) is 21.2 Å². The molecule has 3 amide bonds. The van der Waals surface area contributed by atoms with Gasteiger partial charge in [0.05, 0.1) is 22.1 Å². The Hall–Kier alpha value is -3.11. The van der Waals surface area contributed by atoms with Crippen LogP contribution in [0.5, 0.6) is 0 Å². The Balaban J connectivity index is 1.53. The van der Waals surface area contributed by atoms with Crippen molar-refractivity contribution in [3.05, 3.63) is 88.4 Å². The highest BCUT2D eigenvalue weighted by Crippen LogP contribution is 2.36. The molecule has 3 aromatic carbocycles. The number of imide groups is 1. The van der Waals surface area contributed by atoms with Crippen molar-refractivity contribution in [3.8, 4) is 0 Å². The molecule has 0 spiro atoms. The van der Waals surface area contributed by atoms with Crippen LogP contribution in [0.4, 0.5) is 24.5 Å². The maximum Gasteiger partial charge on any atom is 0.416 e. The Kier molecular flexibility index (Phi) is 6.81. The molecule has 0 saturated carbocycles. The summed E-state index contributed by atoms with van der Waals surface area (Å²) in [5, 5.41) is 1.74. The minimum Gasteiger partial charge on any atom is -0.322 e. The molecule has 1 heterocycles. The van der Waals surface area contributed by atoms with Crippen molar-refractivity contribution in [1.82, 2.24) is 0 Å². The summed E-state index contributed by atoms with van der Waals surface area (Å²) in [4.78, 5) is 39.9. The third-order valence-electron chi connectivity index (χ3n) is 5.04. The lowest BCUT2D eigenvalue weighted by Gasteiger charge is -2.16. The van der Waals surface area contributed by atoms with Crippen molar-refractivity contribution in [1.29, 1.82) is 0 Å². The second-order valence-electron chi connectivity index (χ2n) is 7.38. The number of hydrogen-bond acceptors (Lipinski definition) is 4. The molecule has 0 unspecified atom stereocenters. The maximum atomic E-state index is 13.0. The zero-order chi connectivity index (χ0) is 24.5. The van der Waals surface area contributed by atoms with Gasteiger partial charge in [-0.25, -0.2) is 4.90 Å². The molecular formula is C24H16BrF3N2O3S. The number of alkyl halides is 3. The third kappa shape index (κ3) is 5.18. The molecule has 0 radical (unpaired) electrons. The summed E-state index contributed by atoms with van der Waals surface area (Å²) in [6, 6.07) is 17.5. The Morgan fingerprint density at radius 1 is 1.00 bits per heavy atom. The van der Waals surface area contributed by atoms with Gasteiger partial charge in [0.25, 0.3) is 5.91 Å². The van der Waals surface area contributed by atoms with Gasteiger partial charge < -0.3 is 5.32 Å². The van der Waals surface area contributed by atoms with Gasteiger partial charge in [-0.3, -0.25) is 14.4 Å². The van der Waals surface area contributed by atoms with E-state index in [0.29, 0.717) is 10.6 Å². The highest BCUT2D eigenvalue weighted by atomic mass is 79.9. The molecule has 4 rings (SSSR count). The van der Waals surface area contributed by atoms with E-state index in [1.165, 1.54) is 18.2 Å².